The molecule has 0 aliphatic rings. The second-order valence-electron chi connectivity index (χ2n) is 2.63. The van der Waals surface area contributed by atoms with Crippen molar-refractivity contribution in [2.24, 2.45) is 0 Å². The van der Waals surface area contributed by atoms with Crippen LogP contribution in [0.2, 0.25) is 0 Å². The summed E-state index contributed by atoms with van der Waals surface area (Å²) in [5, 5.41) is 3.11. The van der Waals surface area contributed by atoms with Crippen LogP contribution in [0.25, 0.3) is 0 Å². The van der Waals surface area contributed by atoms with Crippen LogP contribution < -0.4 is 5.32 Å². The molecule has 1 aromatic rings. The highest BCUT2D eigenvalue weighted by molar-refractivity contribution is 5.85. The van der Waals surface area contributed by atoms with Crippen molar-refractivity contribution in [3.63, 3.8) is 0 Å². The number of hydrogen-bond acceptors (Lipinski definition) is 1. The topological polar surface area (TPSA) is 12.0 Å². The smallest absolute Gasteiger partial charge is 0.0342 e. The molecule has 2 heteroatoms. The van der Waals surface area contributed by atoms with Crippen molar-refractivity contribution in [1.82, 2.24) is 0 Å². The third kappa shape index (κ3) is 2.81. The van der Waals surface area contributed by atoms with Crippen molar-refractivity contribution in [3.8, 4) is 0 Å². The van der Waals surface area contributed by atoms with E-state index in [1.54, 1.807) is 0 Å². The Bertz CT molecular complexity index is 213. The molecule has 0 saturated carbocycles. The highest BCUT2D eigenvalue weighted by Crippen LogP contribution is 2.12. The number of aryl methyl sites for hydroxylation is 2. The van der Waals surface area contributed by atoms with Gasteiger partial charge in [0.2, 0.25) is 0 Å². The summed E-state index contributed by atoms with van der Waals surface area (Å²) < 4.78 is 0. The quantitative estimate of drug-likeness (QED) is 0.685. The second-order valence-corrected chi connectivity index (χ2v) is 2.63. The maximum atomic E-state index is 3.11. The van der Waals surface area contributed by atoms with Crippen LogP contribution in [0, 0.1) is 13.8 Å². The van der Waals surface area contributed by atoms with Crippen molar-refractivity contribution < 1.29 is 0 Å². The first-order chi connectivity index (χ1) is 4.72. The van der Waals surface area contributed by atoms with Gasteiger partial charge in [-0.3, -0.25) is 0 Å². The van der Waals surface area contributed by atoms with Crippen molar-refractivity contribution in [3.05, 3.63) is 29.3 Å². The Kier molecular flexibility index (Phi) is 3.98. The van der Waals surface area contributed by atoms with Gasteiger partial charge in [-0.05, 0) is 37.1 Å². The molecule has 1 nitrogen and oxygen atoms in total. The van der Waals surface area contributed by atoms with E-state index >= 15 is 0 Å². The molecule has 0 heterocycles. The van der Waals surface area contributed by atoms with Gasteiger partial charge < -0.3 is 5.32 Å². The first-order valence-corrected chi connectivity index (χ1v) is 3.48. The van der Waals surface area contributed by atoms with Gasteiger partial charge in [0.15, 0.2) is 0 Å². The molecule has 0 aliphatic heterocycles. The Morgan fingerprint density at radius 1 is 1.00 bits per heavy atom. The lowest BCUT2D eigenvalue weighted by Gasteiger charge is -2.02. The van der Waals surface area contributed by atoms with Crippen LogP contribution in [0.5, 0.6) is 0 Å². The zero-order valence-electron chi connectivity index (χ0n) is 7.14. The van der Waals surface area contributed by atoms with Crippen LogP contribution in [-0.4, -0.2) is 7.05 Å². The number of halogens is 1. The Morgan fingerprint density at radius 2 is 1.45 bits per heavy atom. The van der Waals surface area contributed by atoms with Crippen LogP contribution in [0.1, 0.15) is 11.1 Å². The fourth-order valence-corrected chi connectivity index (χ4v) is 1.12. The summed E-state index contributed by atoms with van der Waals surface area (Å²) in [6.45, 7) is 4.21. The molecule has 1 N–H and O–H groups in total. The normalized spacial score (nSPS) is 8.64. The number of nitrogens with one attached hydrogen (secondary N) is 1. The molecule has 0 unspecified atom stereocenters. The largest absolute Gasteiger partial charge is 0.388 e. The van der Waals surface area contributed by atoms with E-state index in [1.165, 1.54) is 16.8 Å². The molecule has 0 aromatic heterocycles. The van der Waals surface area contributed by atoms with Gasteiger partial charge in [-0.2, -0.15) is 0 Å². The van der Waals surface area contributed by atoms with E-state index in [-0.39, 0.29) is 12.4 Å². The predicted molar refractivity (Wildman–Crippen MR) is 52.7 cm³/mol. The van der Waals surface area contributed by atoms with Crippen molar-refractivity contribution in [1.29, 1.82) is 0 Å². The Hall–Kier alpha value is -0.690. The number of benzene rings is 1. The molecular formula is C9H14ClN. The molecule has 0 amide bonds. The summed E-state index contributed by atoms with van der Waals surface area (Å²) in [5.41, 5.74) is 3.81. The van der Waals surface area contributed by atoms with Crippen LogP contribution >= 0.6 is 12.4 Å². The van der Waals surface area contributed by atoms with E-state index in [2.05, 4.69) is 37.4 Å². The highest BCUT2D eigenvalue weighted by atomic mass is 35.5. The molecule has 1 rings (SSSR count). The van der Waals surface area contributed by atoms with Crippen molar-refractivity contribution in [2.75, 3.05) is 12.4 Å². The van der Waals surface area contributed by atoms with E-state index < -0.39 is 0 Å². The van der Waals surface area contributed by atoms with Gasteiger partial charge in [-0.25, -0.2) is 0 Å². The monoisotopic (exact) mass is 171 g/mol. The SMILES string of the molecule is CNc1cc(C)cc(C)c1.Cl. The maximum absolute atomic E-state index is 3.11. The fourth-order valence-electron chi connectivity index (χ4n) is 1.12. The van der Waals surface area contributed by atoms with E-state index in [1.807, 2.05) is 7.05 Å². The van der Waals surface area contributed by atoms with E-state index in [4.69, 9.17) is 0 Å². The first-order valence-electron chi connectivity index (χ1n) is 3.48. The van der Waals surface area contributed by atoms with E-state index in [0.717, 1.165) is 0 Å². The van der Waals surface area contributed by atoms with Crippen LogP contribution in [-0.2, 0) is 0 Å². The molecule has 0 saturated heterocycles. The average molecular weight is 172 g/mol. The van der Waals surface area contributed by atoms with Crippen molar-refractivity contribution in [2.45, 2.75) is 13.8 Å². The molecule has 0 aliphatic carbocycles. The summed E-state index contributed by atoms with van der Waals surface area (Å²) in [5.74, 6) is 0. The zero-order chi connectivity index (χ0) is 7.56. The average Bonchev–Trinajstić information content (AvgIpc) is 1.85. The Labute approximate surface area is 74.2 Å². The Morgan fingerprint density at radius 3 is 1.82 bits per heavy atom. The summed E-state index contributed by atoms with van der Waals surface area (Å²) in [6, 6.07) is 6.43. The highest BCUT2D eigenvalue weighted by Gasteiger charge is 1.90. The first kappa shape index (κ1) is 10.3. The summed E-state index contributed by atoms with van der Waals surface area (Å²) >= 11 is 0. The van der Waals surface area contributed by atoms with Gasteiger partial charge in [0.25, 0.3) is 0 Å². The van der Waals surface area contributed by atoms with Crippen LogP contribution in [0.4, 0.5) is 5.69 Å². The molecule has 11 heavy (non-hydrogen) atoms. The minimum atomic E-state index is 0. The van der Waals surface area contributed by atoms with Gasteiger partial charge in [0, 0.05) is 12.7 Å². The Balaban J connectivity index is 0.000001000. The molecule has 1 aromatic carbocycles. The van der Waals surface area contributed by atoms with E-state index in [0.29, 0.717) is 0 Å². The molecule has 0 atom stereocenters. The maximum Gasteiger partial charge on any atom is 0.0342 e. The summed E-state index contributed by atoms with van der Waals surface area (Å²) in [6.07, 6.45) is 0. The lowest BCUT2D eigenvalue weighted by molar-refractivity contribution is 1.36. The molecular weight excluding hydrogens is 158 g/mol. The molecule has 0 spiro atoms. The van der Waals surface area contributed by atoms with E-state index in [9.17, 15) is 0 Å². The summed E-state index contributed by atoms with van der Waals surface area (Å²) in [7, 11) is 1.94. The van der Waals surface area contributed by atoms with Gasteiger partial charge in [-0.1, -0.05) is 6.07 Å². The third-order valence-electron chi connectivity index (χ3n) is 1.51. The number of rotatable bonds is 1. The molecule has 0 fully saturated rings. The van der Waals surface area contributed by atoms with Gasteiger partial charge >= 0.3 is 0 Å². The lowest BCUT2D eigenvalue weighted by Crippen LogP contribution is -1.88. The molecule has 0 radical (unpaired) electrons. The number of anilines is 1. The molecule has 0 bridgehead atoms. The third-order valence-corrected chi connectivity index (χ3v) is 1.51. The summed E-state index contributed by atoms with van der Waals surface area (Å²) in [4.78, 5) is 0. The number of hydrogen-bond donors (Lipinski definition) is 1. The van der Waals surface area contributed by atoms with Gasteiger partial charge in [0.05, 0.1) is 0 Å². The standard InChI is InChI=1S/C9H13N.ClH/c1-7-4-8(2)6-9(5-7)10-3;/h4-6,10H,1-3H3;1H. The second kappa shape index (κ2) is 4.24. The predicted octanol–water partition coefficient (Wildman–Crippen LogP) is 2.77. The minimum Gasteiger partial charge on any atom is -0.388 e. The van der Waals surface area contributed by atoms with Crippen molar-refractivity contribution >= 4 is 18.1 Å². The zero-order valence-corrected chi connectivity index (χ0v) is 7.96. The van der Waals surface area contributed by atoms with Crippen LogP contribution in [0.15, 0.2) is 18.2 Å². The minimum absolute atomic E-state index is 0. The van der Waals surface area contributed by atoms with Gasteiger partial charge in [-0.15, -0.1) is 12.4 Å². The fraction of sp³-hybridized carbons (Fsp3) is 0.333. The molecule has 62 valence electrons. The van der Waals surface area contributed by atoms with Crippen LogP contribution in [0.3, 0.4) is 0 Å². The van der Waals surface area contributed by atoms with Gasteiger partial charge in [0.1, 0.15) is 0 Å². The lowest BCUT2D eigenvalue weighted by atomic mass is 10.1.